The molecule has 0 bridgehead atoms. The Morgan fingerprint density at radius 3 is 2.69 bits per heavy atom. The minimum Gasteiger partial charge on any atom is -0.480 e. The first kappa shape index (κ1) is 18.8. The molecule has 26 heavy (non-hydrogen) atoms. The lowest BCUT2D eigenvalue weighted by atomic mass is 10.2. The van der Waals surface area contributed by atoms with E-state index in [1.807, 2.05) is 12.1 Å². The van der Waals surface area contributed by atoms with Crippen LogP contribution in [0.5, 0.6) is 0 Å². The van der Waals surface area contributed by atoms with Crippen LogP contribution in [0.1, 0.15) is 25.7 Å². The summed E-state index contributed by atoms with van der Waals surface area (Å²) in [4.78, 5) is 27.7. The highest BCUT2D eigenvalue weighted by Gasteiger charge is 2.37. The van der Waals surface area contributed by atoms with Gasteiger partial charge in [-0.1, -0.05) is 11.6 Å². The minimum atomic E-state index is -0.974. The predicted molar refractivity (Wildman–Crippen MR) is 100.0 cm³/mol. The van der Waals surface area contributed by atoms with Gasteiger partial charge in [0, 0.05) is 10.6 Å². The number of nitrogens with zero attached hydrogens (tertiary/aromatic N) is 1. The number of carbonyl (C=O) groups is 2. The predicted octanol–water partition coefficient (Wildman–Crippen LogP) is 3.60. The molecule has 1 aromatic heterocycles. The van der Waals surface area contributed by atoms with Crippen LogP contribution in [0, 0.1) is 5.92 Å². The minimum absolute atomic E-state index is 0.0577. The van der Waals surface area contributed by atoms with E-state index in [2.05, 4.69) is 10.3 Å². The number of rotatable bonds is 8. The highest BCUT2D eigenvalue weighted by molar-refractivity contribution is 7.99. The van der Waals surface area contributed by atoms with Crippen molar-refractivity contribution in [3.05, 3.63) is 41.4 Å². The smallest absolute Gasteiger partial charge is 0.326 e. The number of hydrogen-bond donors (Lipinski definition) is 2. The van der Waals surface area contributed by atoms with Crippen LogP contribution in [-0.2, 0) is 15.3 Å². The lowest BCUT2D eigenvalue weighted by molar-refractivity contribution is -0.142. The van der Waals surface area contributed by atoms with Crippen molar-refractivity contribution in [3.63, 3.8) is 0 Å². The third-order valence-corrected chi connectivity index (χ3v) is 5.55. The van der Waals surface area contributed by atoms with Gasteiger partial charge in [-0.2, -0.15) is 0 Å². The quantitative estimate of drug-likeness (QED) is 0.710. The van der Waals surface area contributed by atoms with Crippen LogP contribution in [-0.4, -0.2) is 33.3 Å². The first-order valence-corrected chi connectivity index (χ1v) is 9.72. The Morgan fingerprint density at radius 1 is 1.38 bits per heavy atom. The lowest BCUT2D eigenvalue weighted by Gasteiger charge is -2.16. The van der Waals surface area contributed by atoms with Crippen molar-refractivity contribution in [2.45, 2.75) is 36.8 Å². The van der Waals surface area contributed by atoms with Crippen molar-refractivity contribution in [2.75, 3.05) is 0 Å². The van der Waals surface area contributed by atoms with Gasteiger partial charge in [0.15, 0.2) is 5.76 Å². The molecule has 6 nitrogen and oxygen atoms in total. The van der Waals surface area contributed by atoms with Crippen LogP contribution in [0.4, 0.5) is 0 Å². The first-order chi connectivity index (χ1) is 12.4. The van der Waals surface area contributed by atoms with Gasteiger partial charge < -0.3 is 14.8 Å². The van der Waals surface area contributed by atoms with Crippen molar-refractivity contribution in [3.8, 4) is 11.3 Å². The van der Waals surface area contributed by atoms with E-state index in [1.54, 1.807) is 25.3 Å². The van der Waals surface area contributed by atoms with Crippen molar-refractivity contribution in [1.29, 1.82) is 0 Å². The molecule has 3 rings (SSSR count). The van der Waals surface area contributed by atoms with E-state index in [9.17, 15) is 14.7 Å². The Kier molecular flexibility index (Phi) is 5.88. The molecule has 2 aromatic rings. The molecule has 138 valence electrons. The van der Waals surface area contributed by atoms with Crippen LogP contribution < -0.4 is 5.32 Å². The van der Waals surface area contributed by atoms with Gasteiger partial charge >= 0.3 is 5.97 Å². The molecule has 0 aliphatic heterocycles. The van der Waals surface area contributed by atoms with E-state index in [4.69, 9.17) is 16.0 Å². The number of carboxylic acid groups (broad SMARTS) is 1. The van der Waals surface area contributed by atoms with Crippen molar-refractivity contribution < 1.29 is 19.1 Å². The molecule has 1 fully saturated rings. The van der Waals surface area contributed by atoms with Gasteiger partial charge in [-0.05, 0) is 49.9 Å². The number of halogens is 1. The maximum atomic E-state index is 12.2. The zero-order chi connectivity index (χ0) is 18.7. The SMILES string of the molecule is CC(SCc1ncc(-c2ccc(Cl)cc2)o1)C(=O)NC(C(=O)O)C1CC1. The monoisotopic (exact) mass is 394 g/mol. The average molecular weight is 395 g/mol. The fraction of sp³-hybridized carbons (Fsp3) is 0.389. The molecule has 1 saturated carbocycles. The van der Waals surface area contributed by atoms with Crippen LogP contribution in [0.25, 0.3) is 11.3 Å². The fourth-order valence-electron chi connectivity index (χ4n) is 2.48. The normalized spacial score (nSPS) is 16.1. The third-order valence-electron chi connectivity index (χ3n) is 4.17. The van der Waals surface area contributed by atoms with Gasteiger partial charge in [-0.15, -0.1) is 11.8 Å². The van der Waals surface area contributed by atoms with Crippen LogP contribution >= 0.6 is 23.4 Å². The van der Waals surface area contributed by atoms with Crippen molar-refractivity contribution in [1.82, 2.24) is 10.3 Å². The van der Waals surface area contributed by atoms with Crippen molar-refractivity contribution >= 4 is 35.2 Å². The molecule has 1 heterocycles. The summed E-state index contributed by atoms with van der Waals surface area (Å²) in [6.45, 7) is 1.74. The number of aliphatic carboxylic acids is 1. The number of amides is 1. The fourth-order valence-corrected chi connectivity index (χ4v) is 3.35. The highest BCUT2D eigenvalue weighted by Crippen LogP contribution is 2.33. The van der Waals surface area contributed by atoms with Gasteiger partial charge in [0.25, 0.3) is 0 Å². The van der Waals surface area contributed by atoms with E-state index in [-0.39, 0.29) is 11.8 Å². The van der Waals surface area contributed by atoms with E-state index in [0.29, 0.717) is 22.4 Å². The Morgan fingerprint density at radius 2 is 2.08 bits per heavy atom. The average Bonchev–Trinajstić information content (AvgIpc) is 3.35. The van der Waals surface area contributed by atoms with Crippen LogP contribution in [0.15, 0.2) is 34.9 Å². The van der Waals surface area contributed by atoms with E-state index < -0.39 is 17.3 Å². The number of nitrogens with one attached hydrogen (secondary N) is 1. The van der Waals surface area contributed by atoms with E-state index in [1.165, 1.54) is 11.8 Å². The van der Waals surface area contributed by atoms with Crippen molar-refractivity contribution in [2.24, 2.45) is 5.92 Å². The number of carboxylic acids is 1. The summed E-state index contributed by atoms with van der Waals surface area (Å²) in [6, 6.07) is 6.46. The molecule has 0 radical (unpaired) electrons. The maximum Gasteiger partial charge on any atom is 0.326 e. The molecule has 2 atom stereocenters. The summed E-state index contributed by atoms with van der Waals surface area (Å²) in [7, 11) is 0. The topological polar surface area (TPSA) is 92.4 Å². The number of thioether (sulfide) groups is 1. The number of hydrogen-bond acceptors (Lipinski definition) is 5. The van der Waals surface area contributed by atoms with Gasteiger partial charge in [0.2, 0.25) is 11.8 Å². The van der Waals surface area contributed by atoms with Crippen LogP contribution in [0.2, 0.25) is 5.02 Å². The zero-order valence-corrected chi connectivity index (χ0v) is 15.7. The molecule has 1 aliphatic rings. The molecule has 1 aliphatic carbocycles. The number of aromatic nitrogens is 1. The Hall–Kier alpha value is -1.99. The third kappa shape index (κ3) is 4.80. The molecule has 1 amide bonds. The molecule has 0 saturated heterocycles. The zero-order valence-electron chi connectivity index (χ0n) is 14.1. The molecule has 2 unspecified atom stereocenters. The Bertz CT molecular complexity index is 789. The second-order valence-electron chi connectivity index (χ2n) is 6.24. The summed E-state index contributed by atoms with van der Waals surface area (Å²) >= 11 is 7.23. The summed E-state index contributed by atoms with van der Waals surface area (Å²) in [5, 5.41) is 12.1. The summed E-state index contributed by atoms with van der Waals surface area (Å²) in [5.41, 5.74) is 0.873. The Labute approximate surface area is 160 Å². The van der Waals surface area contributed by atoms with Gasteiger partial charge in [-0.25, -0.2) is 9.78 Å². The van der Waals surface area contributed by atoms with Gasteiger partial charge in [0.1, 0.15) is 6.04 Å². The standard InChI is InChI=1S/C18H19ClN2O4S/c1-10(17(22)21-16(18(23)24)12-2-3-12)26-9-15-20-8-14(25-15)11-4-6-13(19)7-5-11/h4-8,10,12,16H,2-3,9H2,1H3,(H,21,22)(H,23,24). The molecular formula is C18H19ClN2O4S. The number of carbonyl (C=O) groups excluding carboxylic acids is 1. The van der Waals surface area contributed by atoms with Gasteiger partial charge in [-0.3, -0.25) is 4.79 Å². The second-order valence-corrected chi connectivity index (χ2v) is 8.01. The Balaban J connectivity index is 1.52. The number of benzene rings is 1. The molecule has 2 N–H and O–H groups in total. The summed E-state index contributed by atoms with van der Waals surface area (Å²) in [5.74, 6) is 0.369. The molecular weight excluding hydrogens is 376 g/mol. The van der Waals surface area contributed by atoms with Gasteiger partial charge in [0.05, 0.1) is 17.2 Å². The molecule has 0 spiro atoms. The molecule has 1 aromatic carbocycles. The number of oxazole rings is 1. The first-order valence-electron chi connectivity index (χ1n) is 8.29. The second kappa shape index (κ2) is 8.14. The van der Waals surface area contributed by atoms with Crippen LogP contribution in [0.3, 0.4) is 0 Å². The van der Waals surface area contributed by atoms with E-state index >= 15 is 0 Å². The summed E-state index contributed by atoms with van der Waals surface area (Å²) in [6.07, 6.45) is 3.34. The largest absolute Gasteiger partial charge is 0.480 e. The lowest BCUT2D eigenvalue weighted by Crippen LogP contribution is -2.45. The summed E-state index contributed by atoms with van der Waals surface area (Å²) < 4.78 is 5.71. The van der Waals surface area contributed by atoms with E-state index in [0.717, 1.165) is 18.4 Å². The highest BCUT2D eigenvalue weighted by atomic mass is 35.5. The molecule has 8 heteroatoms. The maximum absolute atomic E-state index is 12.2.